The van der Waals surface area contributed by atoms with E-state index in [9.17, 15) is 9.59 Å². The van der Waals surface area contributed by atoms with Gasteiger partial charge in [-0.1, -0.05) is 29.8 Å². The van der Waals surface area contributed by atoms with Gasteiger partial charge in [0.05, 0.1) is 16.8 Å². The van der Waals surface area contributed by atoms with Crippen molar-refractivity contribution in [1.82, 2.24) is 9.27 Å². The minimum atomic E-state index is -0.415. The van der Waals surface area contributed by atoms with Gasteiger partial charge < -0.3 is 9.64 Å². The van der Waals surface area contributed by atoms with Gasteiger partial charge in [-0.2, -0.15) is 4.37 Å². The molecule has 1 fully saturated rings. The van der Waals surface area contributed by atoms with Crippen molar-refractivity contribution in [2.75, 3.05) is 49.3 Å². The molecule has 1 amide bonds. The molecule has 0 aliphatic carbocycles. The molecule has 0 atom stereocenters. The molecular formula is C24H25ClN4O3S. The van der Waals surface area contributed by atoms with E-state index in [0.717, 1.165) is 61.8 Å². The molecule has 0 spiro atoms. The third-order valence-corrected chi connectivity index (χ3v) is 7.47. The van der Waals surface area contributed by atoms with Gasteiger partial charge in [0, 0.05) is 50.1 Å². The number of carbonyl (C=O) groups is 2. The normalized spacial score (nSPS) is 16.5. The molecular weight excluding hydrogens is 460 g/mol. The van der Waals surface area contributed by atoms with Gasteiger partial charge in [0.25, 0.3) is 0 Å². The molecule has 0 saturated carbocycles. The summed E-state index contributed by atoms with van der Waals surface area (Å²) < 4.78 is 10.9. The van der Waals surface area contributed by atoms with E-state index in [4.69, 9.17) is 16.3 Å². The molecule has 5 rings (SSSR count). The summed E-state index contributed by atoms with van der Waals surface area (Å²) in [6.45, 7) is 6.02. The van der Waals surface area contributed by atoms with Crippen LogP contribution in [-0.2, 0) is 27.2 Å². The van der Waals surface area contributed by atoms with E-state index >= 15 is 0 Å². The van der Waals surface area contributed by atoms with E-state index in [0.29, 0.717) is 11.4 Å². The fourth-order valence-corrected chi connectivity index (χ4v) is 5.54. The summed E-state index contributed by atoms with van der Waals surface area (Å²) in [5.41, 5.74) is 2.72. The standard InChI is InChI=1S/C24H25ClN4O3S/c1-16(30)32-15-29-21-14-20(25)17(12-18(21)13-23(29)31)6-7-27-8-10-28(11-9-27)24-19-4-2-3-5-22(19)33-26-24/h2-5,12,14H,6-11,13,15H2,1H3. The molecule has 2 aliphatic rings. The molecule has 2 aromatic carbocycles. The molecule has 3 aromatic rings. The van der Waals surface area contributed by atoms with E-state index < -0.39 is 5.97 Å². The lowest BCUT2D eigenvalue weighted by Gasteiger charge is -2.35. The molecule has 1 saturated heterocycles. The number of esters is 1. The second kappa shape index (κ2) is 9.29. The van der Waals surface area contributed by atoms with Crippen molar-refractivity contribution in [1.29, 1.82) is 0 Å². The first-order chi connectivity index (χ1) is 16.0. The van der Waals surface area contributed by atoms with Crippen molar-refractivity contribution in [3.05, 3.63) is 52.5 Å². The summed E-state index contributed by atoms with van der Waals surface area (Å²) in [7, 11) is 0. The zero-order valence-electron chi connectivity index (χ0n) is 18.4. The summed E-state index contributed by atoms with van der Waals surface area (Å²) >= 11 is 8.13. The number of aromatic nitrogens is 1. The number of piperazine rings is 1. The quantitative estimate of drug-likeness (QED) is 0.497. The number of anilines is 2. The number of benzene rings is 2. The Bertz CT molecular complexity index is 1210. The predicted molar refractivity (Wildman–Crippen MR) is 131 cm³/mol. The number of fused-ring (bicyclic) bond motifs is 2. The molecule has 172 valence electrons. The minimum absolute atomic E-state index is 0.0740. The first-order valence-electron chi connectivity index (χ1n) is 11.1. The highest BCUT2D eigenvalue weighted by Crippen LogP contribution is 2.34. The molecule has 1 aromatic heterocycles. The second-order valence-corrected chi connectivity index (χ2v) is 9.63. The van der Waals surface area contributed by atoms with Crippen LogP contribution in [0.3, 0.4) is 0 Å². The molecule has 0 bridgehead atoms. The van der Waals surface area contributed by atoms with Crippen LogP contribution in [0.1, 0.15) is 18.1 Å². The average molecular weight is 485 g/mol. The maximum atomic E-state index is 12.4. The molecule has 2 aliphatic heterocycles. The van der Waals surface area contributed by atoms with Gasteiger partial charge in [-0.3, -0.25) is 19.4 Å². The van der Waals surface area contributed by atoms with Crippen molar-refractivity contribution in [3.8, 4) is 0 Å². The fourth-order valence-electron chi connectivity index (χ4n) is 4.50. The Labute approximate surface area is 201 Å². The van der Waals surface area contributed by atoms with Crippen LogP contribution in [-0.4, -0.2) is 60.6 Å². The number of hydrogen-bond donors (Lipinski definition) is 0. The molecule has 9 heteroatoms. The number of halogens is 1. The largest absolute Gasteiger partial charge is 0.444 e. The topological polar surface area (TPSA) is 66.0 Å². The van der Waals surface area contributed by atoms with Gasteiger partial charge in [0.1, 0.15) is 5.82 Å². The Morgan fingerprint density at radius 2 is 1.97 bits per heavy atom. The molecule has 0 N–H and O–H groups in total. The van der Waals surface area contributed by atoms with Crippen molar-refractivity contribution in [3.63, 3.8) is 0 Å². The third kappa shape index (κ3) is 4.55. The van der Waals surface area contributed by atoms with Crippen molar-refractivity contribution in [2.24, 2.45) is 0 Å². The molecule has 33 heavy (non-hydrogen) atoms. The average Bonchev–Trinajstić information content (AvgIpc) is 3.37. The lowest BCUT2D eigenvalue weighted by Crippen LogP contribution is -2.47. The zero-order chi connectivity index (χ0) is 22.9. The molecule has 0 radical (unpaired) electrons. The van der Waals surface area contributed by atoms with Crippen molar-refractivity contribution >= 4 is 56.6 Å². The van der Waals surface area contributed by atoms with Crippen LogP contribution in [0.4, 0.5) is 11.5 Å². The van der Waals surface area contributed by atoms with Gasteiger partial charge in [0.2, 0.25) is 5.91 Å². The van der Waals surface area contributed by atoms with Crippen LogP contribution in [0.2, 0.25) is 5.02 Å². The summed E-state index contributed by atoms with van der Waals surface area (Å²) in [5.74, 6) is 0.604. The Balaban J connectivity index is 1.19. The number of hydrogen-bond acceptors (Lipinski definition) is 7. The zero-order valence-corrected chi connectivity index (χ0v) is 20.0. The van der Waals surface area contributed by atoms with Crippen LogP contribution in [0.15, 0.2) is 36.4 Å². The van der Waals surface area contributed by atoms with Gasteiger partial charge >= 0.3 is 5.97 Å². The summed E-state index contributed by atoms with van der Waals surface area (Å²) in [5, 5.41) is 1.88. The van der Waals surface area contributed by atoms with Gasteiger partial charge in [-0.25, -0.2) is 0 Å². The molecule has 0 unspecified atom stereocenters. The van der Waals surface area contributed by atoms with Gasteiger partial charge in [-0.15, -0.1) is 0 Å². The van der Waals surface area contributed by atoms with Gasteiger partial charge in [0.15, 0.2) is 6.73 Å². The Morgan fingerprint density at radius 1 is 1.18 bits per heavy atom. The summed E-state index contributed by atoms with van der Waals surface area (Å²) in [6, 6.07) is 12.2. The first kappa shape index (κ1) is 22.1. The van der Waals surface area contributed by atoms with E-state index in [1.165, 1.54) is 21.9 Å². The van der Waals surface area contributed by atoms with E-state index in [1.54, 1.807) is 11.5 Å². The lowest BCUT2D eigenvalue weighted by atomic mass is 10.1. The first-order valence-corrected chi connectivity index (χ1v) is 12.2. The Morgan fingerprint density at radius 3 is 2.76 bits per heavy atom. The summed E-state index contributed by atoms with van der Waals surface area (Å²) in [6.07, 6.45) is 1.13. The molecule has 7 nitrogen and oxygen atoms in total. The number of rotatable bonds is 6. The highest BCUT2D eigenvalue weighted by molar-refractivity contribution is 7.13. The predicted octanol–water partition coefficient (Wildman–Crippen LogP) is 3.72. The number of carbonyl (C=O) groups excluding carboxylic acids is 2. The highest BCUT2D eigenvalue weighted by atomic mass is 35.5. The van der Waals surface area contributed by atoms with Crippen molar-refractivity contribution < 1.29 is 14.3 Å². The van der Waals surface area contributed by atoms with Crippen molar-refractivity contribution in [2.45, 2.75) is 19.8 Å². The lowest BCUT2D eigenvalue weighted by molar-refractivity contribution is -0.141. The van der Waals surface area contributed by atoms with Gasteiger partial charge in [-0.05, 0) is 47.3 Å². The smallest absolute Gasteiger partial charge is 0.304 e. The minimum Gasteiger partial charge on any atom is -0.444 e. The Kier molecular flexibility index (Phi) is 6.23. The third-order valence-electron chi connectivity index (χ3n) is 6.31. The van der Waals surface area contributed by atoms with E-state index in [-0.39, 0.29) is 12.6 Å². The van der Waals surface area contributed by atoms with E-state index in [2.05, 4.69) is 38.4 Å². The van der Waals surface area contributed by atoms with Crippen LogP contribution < -0.4 is 9.80 Å². The maximum absolute atomic E-state index is 12.4. The maximum Gasteiger partial charge on any atom is 0.304 e. The van der Waals surface area contributed by atoms with Crippen LogP contribution in [0, 0.1) is 0 Å². The number of ether oxygens (including phenoxy) is 1. The number of amides is 1. The van der Waals surface area contributed by atoms with Crippen LogP contribution in [0.25, 0.3) is 10.1 Å². The van der Waals surface area contributed by atoms with Crippen LogP contribution in [0.5, 0.6) is 0 Å². The Hall–Kier alpha value is -2.68. The summed E-state index contributed by atoms with van der Waals surface area (Å²) in [4.78, 5) is 29.8. The highest BCUT2D eigenvalue weighted by Gasteiger charge is 2.29. The number of nitrogens with zero attached hydrogens (tertiary/aromatic N) is 4. The SMILES string of the molecule is CC(=O)OCN1C(=O)Cc2cc(CCN3CCN(c4nsc5ccccc45)CC3)c(Cl)cc21. The monoisotopic (exact) mass is 484 g/mol. The second-order valence-electron chi connectivity index (χ2n) is 8.42. The fraction of sp³-hybridized carbons (Fsp3) is 0.375. The molecule has 3 heterocycles. The van der Waals surface area contributed by atoms with E-state index in [1.807, 2.05) is 12.1 Å². The van der Waals surface area contributed by atoms with Crippen LogP contribution >= 0.6 is 23.1 Å².